The molecule has 90 valence electrons. The first kappa shape index (κ1) is 11.9. The van der Waals surface area contributed by atoms with Gasteiger partial charge in [-0.15, -0.1) is 0 Å². The predicted molar refractivity (Wildman–Crippen MR) is 73.9 cm³/mol. The molecule has 3 rings (SSSR count). The minimum Gasteiger partial charge on any atom is -0.380 e. The summed E-state index contributed by atoms with van der Waals surface area (Å²) in [5.74, 6) is -0.271. The summed E-state index contributed by atoms with van der Waals surface area (Å²) >= 11 is 9.38. The SMILES string of the molecule is O=C1c2ccc(Br)cc2-c2cc(Cl)ccc2C1O. The summed E-state index contributed by atoms with van der Waals surface area (Å²) in [7, 11) is 0. The summed E-state index contributed by atoms with van der Waals surface area (Å²) in [4.78, 5) is 12.1. The van der Waals surface area contributed by atoms with Gasteiger partial charge in [0.2, 0.25) is 0 Å². The van der Waals surface area contributed by atoms with Gasteiger partial charge >= 0.3 is 0 Å². The van der Waals surface area contributed by atoms with Crippen molar-refractivity contribution in [3.8, 4) is 11.1 Å². The Labute approximate surface area is 117 Å². The van der Waals surface area contributed by atoms with E-state index in [-0.39, 0.29) is 5.78 Å². The molecule has 0 spiro atoms. The highest BCUT2D eigenvalue weighted by Crippen LogP contribution is 2.40. The van der Waals surface area contributed by atoms with Gasteiger partial charge in [0.05, 0.1) is 0 Å². The minimum atomic E-state index is -1.11. The normalized spacial score (nSPS) is 17.3. The van der Waals surface area contributed by atoms with Crippen LogP contribution in [0.1, 0.15) is 22.0 Å². The average molecular weight is 324 g/mol. The molecule has 1 atom stereocenters. The number of aliphatic hydroxyl groups excluding tert-OH is 1. The molecule has 0 radical (unpaired) electrons. The maximum atomic E-state index is 12.1. The number of carbonyl (C=O) groups excluding carboxylic acids is 1. The molecule has 2 nitrogen and oxygen atoms in total. The molecule has 0 aliphatic heterocycles. The second-order valence-electron chi connectivity index (χ2n) is 4.19. The summed E-state index contributed by atoms with van der Waals surface area (Å²) in [6, 6.07) is 10.5. The molecule has 0 fully saturated rings. The maximum Gasteiger partial charge on any atom is 0.196 e. The molecule has 18 heavy (non-hydrogen) atoms. The number of hydrogen-bond donors (Lipinski definition) is 1. The molecule has 1 aliphatic carbocycles. The van der Waals surface area contributed by atoms with Gasteiger partial charge in [0.15, 0.2) is 5.78 Å². The molecule has 1 aliphatic rings. The molecule has 4 heteroatoms. The lowest BCUT2D eigenvalue weighted by molar-refractivity contribution is 0.0744. The van der Waals surface area contributed by atoms with Gasteiger partial charge in [-0.1, -0.05) is 33.6 Å². The molecule has 0 saturated heterocycles. The summed E-state index contributed by atoms with van der Waals surface area (Å²) < 4.78 is 0.886. The average Bonchev–Trinajstić information content (AvgIpc) is 2.36. The molecule has 2 aromatic rings. The van der Waals surface area contributed by atoms with Gasteiger partial charge in [0.1, 0.15) is 6.10 Å². The Kier molecular flexibility index (Phi) is 2.77. The number of carbonyl (C=O) groups is 1. The third-order valence-electron chi connectivity index (χ3n) is 3.10. The van der Waals surface area contributed by atoms with E-state index in [1.807, 2.05) is 6.07 Å². The Morgan fingerprint density at radius 3 is 2.61 bits per heavy atom. The number of halogens is 2. The molecule has 1 unspecified atom stereocenters. The van der Waals surface area contributed by atoms with E-state index < -0.39 is 6.10 Å². The van der Waals surface area contributed by atoms with Crippen molar-refractivity contribution in [2.24, 2.45) is 0 Å². The van der Waals surface area contributed by atoms with Gasteiger partial charge in [0, 0.05) is 15.1 Å². The highest BCUT2D eigenvalue weighted by Gasteiger charge is 2.30. The molecule has 0 heterocycles. The number of Topliss-reactive ketones (excluding diaryl/α,β-unsaturated/α-hetero) is 1. The van der Waals surface area contributed by atoms with E-state index in [4.69, 9.17) is 11.6 Å². The lowest BCUT2D eigenvalue weighted by Crippen LogP contribution is -2.19. The molecule has 0 aromatic heterocycles. The second-order valence-corrected chi connectivity index (χ2v) is 5.54. The first-order chi connectivity index (χ1) is 8.58. The number of aliphatic hydroxyl groups is 1. The first-order valence-corrected chi connectivity index (χ1v) is 6.56. The zero-order valence-electron chi connectivity index (χ0n) is 9.15. The molecule has 0 saturated carbocycles. The van der Waals surface area contributed by atoms with Crippen molar-refractivity contribution in [3.05, 3.63) is 57.0 Å². The number of benzene rings is 2. The first-order valence-electron chi connectivity index (χ1n) is 5.39. The van der Waals surface area contributed by atoms with Crippen LogP contribution in [-0.2, 0) is 0 Å². The zero-order valence-corrected chi connectivity index (χ0v) is 11.5. The summed E-state index contributed by atoms with van der Waals surface area (Å²) in [5.41, 5.74) is 2.75. The van der Waals surface area contributed by atoms with Crippen LogP contribution in [0.25, 0.3) is 11.1 Å². The Balaban J connectivity index is 2.37. The van der Waals surface area contributed by atoms with E-state index in [9.17, 15) is 9.90 Å². The maximum absolute atomic E-state index is 12.1. The topological polar surface area (TPSA) is 37.3 Å². The highest BCUT2D eigenvalue weighted by atomic mass is 79.9. The Morgan fingerprint density at radius 2 is 1.83 bits per heavy atom. The van der Waals surface area contributed by atoms with E-state index in [0.29, 0.717) is 16.1 Å². The van der Waals surface area contributed by atoms with Crippen LogP contribution >= 0.6 is 27.5 Å². The molecular weight excluding hydrogens is 316 g/mol. The monoisotopic (exact) mass is 322 g/mol. The van der Waals surface area contributed by atoms with Crippen molar-refractivity contribution < 1.29 is 9.90 Å². The zero-order chi connectivity index (χ0) is 12.9. The molecule has 0 amide bonds. The standard InChI is InChI=1S/C14H8BrClO2/c15-7-1-3-9-11(5-7)12-6-8(16)2-4-10(12)14(18)13(9)17/h1-6,14,18H. The molecule has 1 N–H and O–H groups in total. The molecule has 2 aromatic carbocycles. The van der Waals surface area contributed by atoms with Crippen molar-refractivity contribution in [3.63, 3.8) is 0 Å². The van der Waals surface area contributed by atoms with Gasteiger partial charge in [0.25, 0.3) is 0 Å². The summed E-state index contributed by atoms with van der Waals surface area (Å²) in [5, 5.41) is 10.6. The smallest absolute Gasteiger partial charge is 0.196 e. The minimum absolute atomic E-state index is 0.271. The van der Waals surface area contributed by atoms with Crippen molar-refractivity contribution in [1.82, 2.24) is 0 Å². The number of ketones is 1. The van der Waals surface area contributed by atoms with Crippen molar-refractivity contribution in [1.29, 1.82) is 0 Å². The fraction of sp³-hybridized carbons (Fsp3) is 0.0714. The lowest BCUT2D eigenvalue weighted by atomic mass is 9.83. The van der Waals surface area contributed by atoms with E-state index in [0.717, 1.165) is 15.6 Å². The fourth-order valence-electron chi connectivity index (χ4n) is 2.24. The predicted octanol–water partition coefficient (Wildman–Crippen LogP) is 4.00. The summed E-state index contributed by atoms with van der Waals surface area (Å²) in [6.07, 6.45) is -1.11. The van der Waals surface area contributed by atoms with Crippen LogP contribution in [0.15, 0.2) is 40.9 Å². The van der Waals surface area contributed by atoms with Gasteiger partial charge in [-0.3, -0.25) is 4.79 Å². The van der Waals surface area contributed by atoms with Gasteiger partial charge in [-0.2, -0.15) is 0 Å². The van der Waals surface area contributed by atoms with E-state index in [1.165, 1.54) is 0 Å². The van der Waals surface area contributed by atoms with Crippen LogP contribution in [0.4, 0.5) is 0 Å². The Morgan fingerprint density at radius 1 is 1.06 bits per heavy atom. The van der Waals surface area contributed by atoms with Gasteiger partial charge in [-0.25, -0.2) is 0 Å². The fourth-order valence-corrected chi connectivity index (χ4v) is 2.78. The second kappa shape index (κ2) is 4.19. The quantitative estimate of drug-likeness (QED) is 0.795. The van der Waals surface area contributed by atoms with Crippen LogP contribution in [0.2, 0.25) is 5.02 Å². The molecular formula is C14H8BrClO2. The number of fused-ring (bicyclic) bond motifs is 3. The van der Waals surface area contributed by atoms with E-state index in [2.05, 4.69) is 15.9 Å². The van der Waals surface area contributed by atoms with Crippen LogP contribution < -0.4 is 0 Å². The van der Waals surface area contributed by atoms with E-state index in [1.54, 1.807) is 30.3 Å². The number of hydrogen-bond acceptors (Lipinski definition) is 2. The van der Waals surface area contributed by atoms with Gasteiger partial charge in [-0.05, 0) is 47.0 Å². The Bertz CT molecular complexity index is 667. The van der Waals surface area contributed by atoms with Crippen molar-refractivity contribution >= 4 is 33.3 Å². The van der Waals surface area contributed by atoms with Crippen LogP contribution in [-0.4, -0.2) is 10.9 Å². The van der Waals surface area contributed by atoms with Crippen LogP contribution in [0.3, 0.4) is 0 Å². The number of rotatable bonds is 0. The van der Waals surface area contributed by atoms with Crippen LogP contribution in [0.5, 0.6) is 0 Å². The van der Waals surface area contributed by atoms with Gasteiger partial charge < -0.3 is 5.11 Å². The summed E-state index contributed by atoms with van der Waals surface area (Å²) in [6.45, 7) is 0. The van der Waals surface area contributed by atoms with Crippen molar-refractivity contribution in [2.75, 3.05) is 0 Å². The lowest BCUT2D eigenvalue weighted by Gasteiger charge is -2.23. The van der Waals surface area contributed by atoms with Crippen molar-refractivity contribution in [2.45, 2.75) is 6.10 Å². The Hall–Kier alpha value is -1.16. The molecule has 0 bridgehead atoms. The third-order valence-corrected chi connectivity index (χ3v) is 3.82. The third kappa shape index (κ3) is 1.70. The van der Waals surface area contributed by atoms with Crippen LogP contribution in [0, 0.1) is 0 Å². The largest absolute Gasteiger partial charge is 0.380 e. The highest BCUT2D eigenvalue weighted by molar-refractivity contribution is 9.10. The van der Waals surface area contributed by atoms with E-state index >= 15 is 0 Å².